The van der Waals surface area contributed by atoms with E-state index in [-0.39, 0.29) is 11.8 Å². The Bertz CT molecular complexity index is 558. The number of carbonyl (C=O) groups is 2. The highest BCUT2D eigenvalue weighted by atomic mass is 32.1. The first kappa shape index (κ1) is 12.8. The molecular formula is C12H12N2O2S2. The number of rotatable bonds is 3. The van der Waals surface area contributed by atoms with Crippen molar-refractivity contribution < 1.29 is 9.59 Å². The molecule has 0 bridgehead atoms. The van der Waals surface area contributed by atoms with Gasteiger partial charge in [-0.2, -0.15) is 11.3 Å². The highest BCUT2D eigenvalue weighted by Crippen LogP contribution is 2.20. The van der Waals surface area contributed by atoms with Gasteiger partial charge in [-0.05, 0) is 22.9 Å². The minimum atomic E-state index is -0.250. The second-order valence-corrected chi connectivity index (χ2v) is 5.53. The summed E-state index contributed by atoms with van der Waals surface area (Å²) >= 11 is 2.78. The van der Waals surface area contributed by atoms with Crippen LogP contribution in [0.2, 0.25) is 0 Å². The Morgan fingerprint density at radius 3 is 2.61 bits per heavy atom. The number of carbonyl (C=O) groups excluding carboxylic acids is 2. The topological polar surface area (TPSA) is 49.4 Å². The molecule has 2 rings (SSSR count). The normalized spacial score (nSPS) is 10.1. The van der Waals surface area contributed by atoms with Crippen molar-refractivity contribution in [2.24, 2.45) is 0 Å². The van der Waals surface area contributed by atoms with Gasteiger partial charge in [-0.1, -0.05) is 0 Å². The summed E-state index contributed by atoms with van der Waals surface area (Å²) in [6.07, 6.45) is 0. The lowest BCUT2D eigenvalue weighted by Gasteiger charge is -2.10. The first-order chi connectivity index (χ1) is 8.59. The number of hydrogen-bond donors (Lipinski definition) is 1. The molecule has 0 aliphatic heterocycles. The summed E-state index contributed by atoms with van der Waals surface area (Å²) in [7, 11) is 3.34. The molecule has 0 saturated heterocycles. The van der Waals surface area contributed by atoms with Crippen molar-refractivity contribution in [2.75, 3.05) is 19.4 Å². The molecule has 0 aliphatic rings. The van der Waals surface area contributed by atoms with Gasteiger partial charge in [-0.3, -0.25) is 9.59 Å². The second-order valence-electron chi connectivity index (χ2n) is 3.83. The summed E-state index contributed by atoms with van der Waals surface area (Å²) in [6.45, 7) is 0. The minimum Gasteiger partial charge on any atom is -0.344 e. The summed E-state index contributed by atoms with van der Waals surface area (Å²) in [5.41, 5.74) is 1.17. The molecule has 0 atom stereocenters. The van der Waals surface area contributed by atoms with Crippen LogP contribution >= 0.6 is 22.7 Å². The monoisotopic (exact) mass is 280 g/mol. The van der Waals surface area contributed by atoms with Crippen LogP contribution in [0.1, 0.15) is 20.0 Å². The standard InChI is InChI=1S/C12H12N2O2S2/c1-14(2)12(16)10-9(4-6-18-10)11(15)13-8-3-5-17-7-8/h3-7H,1-2H3,(H,13,15). The van der Waals surface area contributed by atoms with Gasteiger partial charge in [0, 0.05) is 19.5 Å². The average molecular weight is 280 g/mol. The minimum absolute atomic E-state index is 0.152. The molecule has 4 nitrogen and oxygen atoms in total. The molecule has 2 aromatic heterocycles. The van der Waals surface area contributed by atoms with Gasteiger partial charge >= 0.3 is 0 Å². The van der Waals surface area contributed by atoms with Crippen molar-refractivity contribution in [3.05, 3.63) is 38.7 Å². The van der Waals surface area contributed by atoms with E-state index >= 15 is 0 Å². The summed E-state index contributed by atoms with van der Waals surface area (Å²) in [4.78, 5) is 25.9. The van der Waals surface area contributed by atoms with Crippen LogP contribution in [-0.4, -0.2) is 30.8 Å². The van der Waals surface area contributed by atoms with E-state index in [1.165, 1.54) is 27.6 Å². The van der Waals surface area contributed by atoms with Crippen molar-refractivity contribution in [1.29, 1.82) is 0 Å². The lowest BCUT2D eigenvalue weighted by Crippen LogP contribution is -2.23. The lowest BCUT2D eigenvalue weighted by atomic mass is 10.2. The molecule has 18 heavy (non-hydrogen) atoms. The summed E-state index contributed by atoms with van der Waals surface area (Å²) < 4.78 is 0. The molecule has 0 spiro atoms. The van der Waals surface area contributed by atoms with Crippen molar-refractivity contribution >= 4 is 40.2 Å². The van der Waals surface area contributed by atoms with Gasteiger partial charge in [0.1, 0.15) is 4.88 Å². The quantitative estimate of drug-likeness (QED) is 0.940. The van der Waals surface area contributed by atoms with Crippen molar-refractivity contribution in [3.63, 3.8) is 0 Å². The van der Waals surface area contributed by atoms with Gasteiger partial charge in [0.2, 0.25) is 0 Å². The lowest BCUT2D eigenvalue weighted by molar-refractivity contribution is 0.0826. The number of hydrogen-bond acceptors (Lipinski definition) is 4. The number of nitrogens with one attached hydrogen (secondary N) is 1. The fourth-order valence-electron chi connectivity index (χ4n) is 1.39. The Labute approximate surface area is 113 Å². The molecule has 6 heteroatoms. The second kappa shape index (κ2) is 5.32. The third-order valence-corrected chi connectivity index (χ3v) is 3.87. The van der Waals surface area contributed by atoms with Crippen molar-refractivity contribution in [3.8, 4) is 0 Å². The third-order valence-electron chi connectivity index (χ3n) is 2.29. The fraction of sp³-hybridized carbons (Fsp3) is 0.167. The van der Waals surface area contributed by atoms with Crippen LogP contribution in [0.3, 0.4) is 0 Å². The van der Waals surface area contributed by atoms with E-state index in [1.54, 1.807) is 25.5 Å². The van der Waals surface area contributed by atoms with Crippen LogP contribution in [0.5, 0.6) is 0 Å². The Kier molecular flexibility index (Phi) is 3.78. The summed E-state index contributed by atoms with van der Waals surface area (Å²) in [5.74, 6) is -0.402. The van der Waals surface area contributed by atoms with Gasteiger partial charge in [0.25, 0.3) is 11.8 Å². The molecule has 0 radical (unpaired) electrons. The molecule has 2 amide bonds. The van der Waals surface area contributed by atoms with Crippen LogP contribution in [0.15, 0.2) is 28.3 Å². The van der Waals surface area contributed by atoms with Crippen molar-refractivity contribution in [1.82, 2.24) is 4.90 Å². The molecule has 0 unspecified atom stereocenters. The highest BCUT2D eigenvalue weighted by Gasteiger charge is 2.20. The maximum atomic E-state index is 12.1. The smallest absolute Gasteiger partial charge is 0.264 e. The number of amides is 2. The maximum Gasteiger partial charge on any atom is 0.264 e. The molecule has 1 N–H and O–H groups in total. The Morgan fingerprint density at radius 2 is 2.00 bits per heavy atom. The van der Waals surface area contributed by atoms with Crippen LogP contribution in [0, 0.1) is 0 Å². The highest BCUT2D eigenvalue weighted by molar-refractivity contribution is 7.12. The van der Waals surface area contributed by atoms with Gasteiger partial charge in [0.15, 0.2) is 0 Å². The van der Waals surface area contributed by atoms with Crippen LogP contribution < -0.4 is 5.32 Å². The molecular weight excluding hydrogens is 268 g/mol. The largest absolute Gasteiger partial charge is 0.344 e. The predicted molar refractivity (Wildman–Crippen MR) is 74.6 cm³/mol. The van der Waals surface area contributed by atoms with Gasteiger partial charge in [0.05, 0.1) is 11.3 Å². The third kappa shape index (κ3) is 2.60. The summed E-state index contributed by atoms with van der Waals surface area (Å²) in [5, 5.41) is 8.24. The first-order valence-electron chi connectivity index (χ1n) is 5.22. The van der Waals surface area contributed by atoms with Crippen molar-refractivity contribution in [2.45, 2.75) is 0 Å². The van der Waals surface area contributed by atoms with E-state index < -0.39 is 0 Å². The number of nitrogens with zero attached hydrogens (tertiary/aromatic N) is 1. The molecule has 2 aromatic rings. The zero-order chi connectivity index (χ0) is 13.1. The zero-order valence-corrected chi connectivity index (χ0v) is 11.6. The molecule has 0 fully saturated rings. The van der Waals surface area contributed by atoms with Crippen LogP contribution in [-0.2, 0) is 0 Å². The Morgan fingerprint density at radius 1 is 1.22 bits per heavy atom. The fourth-order valence-corrected chi connectivity index (χ4v) is 2.89. The van der Waals surface area contributed by atoms with Gasteiger partial charge < -0.3 is 10.2 Å². The van der Waals surface area contributed by atoms with Crippen LogP contribution in [0.25, 0.3) is 0 Å². The summed E-state index contributed by atoms with van der Waals surface area (Å²) in [6, 6.07) is 3.49. The SMILES string of the molecule is CN(C)C(=O)c1sccc1C(=O)Nc1ccsc1. The Hall–Kier alpha value is -1.66. The van der Waals surface area contributed by atoms with Gasteiger partial charge in [-0.25, -0.2) is 0 Å². The van der Waals surface area contributed by atoms with E-state index in [4.69, 9.17) is 0 Å². The predicted octanol–water partition coefficient (Wildman–Crippen LogP) is 2.76. The first-order valence-corrected chi connectivity index (χ1v) is 7.04. The molecule has 94 valence electrons. The van der Waals surface area contributed by atoms with Gasteiger partial charge in [-0.15, -0.1) is 11.3 Å². The van der Waals surface area contributed by atoms with E-state index in [1.807, 2.05) is 16.8 Å². The number of thiophene rings is 2. The van der Waals surface area contributed by atoms with Crippen LogP contribution in [0.4, 0.5) is 5.69 Å². The molecule has 0 aromatic carbocycles. The Balaban J connectivity index is 2.21. The average Bonchev–Trinajstić information content (AvgIpc) is 2.97. The van der Waals surface area contributed by atoms with E-state index in [9.17, 15) is 9.59 Å². The zero-order valence-electron chi connectivity index (χ0n) is 9.97. The number of anilines is 1. The molecule has 0 aliphatic carbocycles. The van der Waals surface area contributed by atoms with E-state index in [2.05, 4.69) is 5.32 Å². The molecule has 2 heterocycles. The maximum absolute atomic E-state index is 12.1. The van der Waals surface area contributed by atoms with E-state index in [0.29, 0.717) is 10.4 Å². The van der Waals surface area contributed by atoms with E-state index in [0.717, 1.165) is 5.69 Å². The molecule has 0 saturated carbocycles.